The van der Waals surface area contributed by atoms with Crippen LogP contribution in [0, 0.1) is 0 Å². The molecule has 0 bridgehead atoms. The number of carbonyl (C=O) groups excluding carboxylic acids is 1. The van der Waals surface area contributed by atoms with Crippen molar-refractivity contribution in [3.63, 3.8) is 0 Å². The van der Waals surface area contributed by atoms with Gasteiger partial charge in [0.1, 0.15) is 0 Å². The second kappa shape index (κ2) is 4.65. The summed E-state index contributed by atoms with van der Waals surface area (Å²) in [4.78, 5) is 15.4. The summed E-state index contributed by atoms with van der Waals surface area (Å²) in [5.74, 6) is 0. The third-order valence-electron chi connectivity index (χ3n) is 3.16. The number of hydrogen-bond donors (Lipinski definition) is 0. The van der Waals surface area contributed by atoms with E-state index in [2.05, 4.69) is 17.0 Å². The Morgan fingerprint density at radius 1 is 1.21 bits per heavy atom. The average Bonchev–Trinajstić information content (AvgIpc) is 2.89. The number of rotatable bonds is 3. The van der Waals surface area contributed by atoms with Crippen LogP contribution >= 0.6 is 0 Å². The Balaban J connectivity index is 2.22. The van der Waals surface area contributed by atoms with Crippen molar-refractivity contribution < 1.29 is 4.79 Å². The van der Waals surface area contributed by atoms with Crippen LogP contribution in [0.25, 0.3) is 16.9 Å². The minimum Gasteiger partial charge on any atom is -0.298 e. The van der Waals surface area contributed by atoms with Gasteiger partial charge < -0.3 is 0 Å². The zero-order valence-electron chi connectivity index (χ0n) is 10.6. The molecule has 0 fully saturated rings. The third kappa shape index (κ3) is 1.91. The lowest BCUT2D eigenvalue weighted by Crippen LogP contribution is -1.99. The molecular formula is C15H13N3O. The first-order valence-corrected chi connectivity index (χ1v) is 6.21. The molecule has 2 aromatic heterocycles. The lowest BCUT2D eigenvalue weighted by Gasteiger charge is -2.05. The number of nitrogens with zero attached hydrogens (tertiary/aromatic N) is 3. The van der Waals surface area contributed by atoms with Crippen molar-refractivity contribution in [2.45, 2.75) is 13.3 Å². The molecule has 1 aromatic carbocycles. The maximum absolute atomic E-state index is 11.1. The van der Waals surface area contributed by atoms with Crippen molar-refractivity contribution in [1.82, 2.24) is 14.6 Å². The second-order valence-electron chi connectivity index (χ2n) is 4.30. The highest BCUT2D eigenvalue weighted by atomic mass is 16.1. The van der Waals surface area contributed by atoms with Crippen LogP contribution in [0.1, 0.15) is 23.0 Å². The molecule has 0 spiro atoms. The monoisotopic (exact) mass is 251 g/mol. The third-order valence-corrected chi connectivity index (χ3v) is 3.16. The molecule has 0 unspecified atom stereocenters. The largest absolute Gasteiger partial charge is 0.298 e. The fraction of sp³-hybridized carbons (Fsp3) is 0.133. The van der Waals surface area contributed by atoms with Gasteiger partial charge in [-0.05, 0) is 18.6 Å². The Bertz CT molecular complexity index is 746. The summed E-state index contributed by atoms with van der Waals surface area (Å²) in [6, 6.07) is 11.3. The van der Waals surface area contributed by atoms with Gasteiger partial charge in [0.2, 0.25) is 0 Å². The van der Waals surface area contributed by atoms with Gasteiger partial charge in [-0.15, -0.1) is 0 Å². The lowest BCUT2D eigenvalue weighted by atomic mass is 10.1. The molecule has 0 radical (unpaired) electrons. The normalized spacial score (nSPS) is 10.8. The predicted molar refractivity (Wildman–Crippen MR) is 73.2 cm³/mol. The number of benzene rings is 1. The van der Waals surface area contributed by atoms with E-state index in [0.29, 0.717) is 5.56 Å². The molecule has 2 heterocycles. The zero-order valence-corrected chi connectivity index (χ0v) is 10.6. The lowest BCUT2D eigenvalue weighted by molar-refractivity contribution is 0.112. The summed E-state index contributed by atoms with van der Waals surface area (Å²) in [5.41, 5.74) is 4.15. The molecule has 0 aliphatic rings. The van der Waals surface area contributed by atoms with Crippen LogP contribution in [-0.4, -0.2) is 20.9 Å². The maximum Gasteiger partial charge on any atom is 0.153 e. The standard InChI is InChI=1S/C15H13N3O/c1-2-12-9-16-15-8-7-14(17-18(12)15)13-6-4-3-5-11(13)10-19/h3-10H,2H2,1H3. The summed E-state index contributed by atoms with van der Waals surface area (Å²) >= 11 is 0. The molecule has 0 amide bonds. The van der Waals surface area contributed by atoms with Crippen molar-refractivity contribution in [2.24, 2.45) is 0 Å². The number of hydrogen-bond acceptors (Lipinski definition) is 3. The highest BCUT2D eigenvalue weighted by Crippen LogP contribution is 2.21. The van der Waals surface area contributed by atoms with Gasteiger partial charge in [0.05, 0.1) is 17.6 Å². The van der Waals surface area contributed by atoms with E-state index in [1.807, 2.05) is 41.0 Å². The molecule has 0 saturated carbocycles. The minimum atomic E-state index is 0.646. The number of fused-ring (bicyclic) bond motifs is 1. The van der Waals surface area contributed by atoms with E-state index in [9.17, 15) is 4.79 Å². The van der Waals surface area contributed by atoms with Crippen LogP contribution in [0.3, 0.4) is 0 Å². The van der Waals surface area contributed by atoms with E-state index in [0.717, 1.165) is 35.3 Å². The van der Waals surface area contributed by atoms with Crippen LogP contribution in [0.4, 0.5) is 0 Å². The molecule has 4 nitrogen and oxygen atoms in total. The van der Waals surface area contributed by atoms with E-state index in [4.69, 9.17) is 0 Å². The zero-order chi connectivity index (χ0) is 13.2. The molecule has 0 aliphatic heterocycles. The number of carbonyl (C=O) groups is 1. The van der Waals surface area contributed by atoms with E-state index < -0.39 is 0 Å². The van der Waals surface area contributed by atoms with E-state index in [-0.39, 0.29) is 0 Å². The Hall–Kier alpha value is -2.49. The Morgan fingerprint density at radius 3 is 2.84 bits per heavy atom. The van der Waals surface area contributed by atoms with Crippen LogP contribution < -0.4 is 0 Å². The molecule has 3 rings (SSSR count). The van der Waals surface area contributed by atoms with Gasteiger partial charge in [-0.2, -0.15) is 5.10 Å². The van der Waals surface area contributed by atoms with Crippen molar-refractivity contribution in [1.29, 1.82) is 0 Å². The average molecular weight is 251 g/mol. The molecule has 3 aromatic rings. The maximum atomic E-state index is 11.1. The number of aromatic nitrogens is 3. The number of aryl methyl sites for hydroxylation is 1. The van der Waals surface area contributed by atoms with Crippen molar-refractivity contribution >= 4 is 11.9 Å². The Kier molecular flexibility index (Phi) is 2.83. The first-order valence-electron chi connectivity index (χ1n) is 6.21. The van der Waals surface area contributed by atoms with Crippen LogP contribution in [-0.2, 0) is 6.42 Å². The van der Waals surface area contributed by atoms with Crippen LogP contribution in [0.5, 0.6) is 0 Å². The Labute approximate surface area is 110 Å². The SMILES string of the molecule is CCc1cnc2ccc(-c3ccccc3C=O)nn12. The molecule has 4 heteroatoms. The summed E-state index contributed by atoms with van der Waals surface area (Å²) in [7, 11) is 0. The predicted octanol–water partition coefficient (Wildman–Crippen LogP) is 2.77. The summed E-state index contributed by atoms with van der Waals surface area (Å²) < 4.78 is 1.83. The van der Waals surface area contributed by atoms with E-state index in [1.54, 1.807) is 6.07 Å². The van der Waals surface area contributed by atoms with Gasteiger partial charge in [-0.25, -0.2) is 9.50 Å². The van der Waals surface area contributed by atoms with Gasteiger partial charge in [0.15, 0.2) is 11.9 Å². The highest BCUT2D eigenvalue weighted by molar-refractivity contribution is 5.86. The molecule has 0 saturated heterocycles. The topological polar surface area (TPSA) is 47.3 Å². The molecule has 0 N–H and O–H groups in total. The van der Waals surface area contributed by atoms with E-state index in [1.165, 1.54) is 0 Å². The van der Waals surface area contributed by atoms with Crippen molar-refractivity contribution in [3.8, 4) is 11.3 Å². The van der Waals surface area contributed by atoms with Gasteiger partial charge in [-0.1, -0.05) is 31.2 Å². The molecule has 19 heavy (non-hydrogen) atoms. The van der Waals surface area contributed by atoms with Crippen LogP contribution in [0.2, 0.25) is 0 Å². The first kappa shape index (κ1) is 11.6. The van der Waals surface area contributed by atoms with Gasteiger partial charge in [0.25, 0.3) is 0 Å². The van der Waals surface area contributed by atoms with Gasteiger partial charge in [-0.3, -0.25) is 4.79 Å². The number of imidazole rings is 1. The smallest absolute Gasteiger partial charge is 0.153 e. The van der Waals surface area contributed by atoms with E-state index >= 15 is 0 Å². The fourth-order valence-corrected chi connectivity index (χ4v) is 2.14. The quantitative estimate of drug-likeness (QED) is 0.672. The minimum absolute atomic E-state index is 0.646. The molecular weight excluding hydrogens is 238 g/mol. The second-order valence-corrected chi connectivity index (χ2v) is 4.30. The first-order chi connectivity index (χ1) is 9.33. The van der Waals surface area contributed by atoms with Crippen molar-refractivity contribution in [3.05, 3.63) is 53.9 Å². The molecule has 0 atom stereocenters. The highest BCUT2D eigenvalue weighted by Gasteiger charge is 2.08. The molecule has 0 aliphatic carbocycles. The van der Waals surface area contributed by atoms with Crippen LogP contribution in [0.15, 0.2) is 42.6 Å². The fourth-order valence-electron chi connectivity index (χ4n) is 2.14. The van der Waals surface area contributed by atoms with Gasteiger partial charge in [0, 0.05) is 11.1 Å². The summed E-state index contributed by atoms with van der Waals surface area (Å²) in [6.45, 7) is 2.07. The van der Waals surface area contributed by atoms with Gasteiger partial charge >= 0.3 is 0 Å². The van der Waals surface area contributed by atoms with Crippen molar-refractivity contribution in [2.75, 3.05) is 0 Å². The number of aldehydes is 1. The Morgan fingerprint density at radius 2 is 2.05 bits per heavy atom. The summed E-state index contributed by atoms with van der Waals surface area (Å²) in [6.07, 6.45) is 3.56. The summed E-state index contributed by atoms with van der Waals surface area (Å²) in [5, 5.41) is 4.58. The molecule has 94 valence electrons.